The summed E-state index contributed by atoms with van der Waals surface area (Å²) in [5.41, 5.74) is 4.81. The van der Waals surface area contributed by atoms with Crippen LogP contribution in [-0.4, -0.2) is 46.1 Å². The van der Waals surface area contributed by atoms with Crippen LogP contribution in [0.4, 0.5) is 0 Å². The number of aromatic nitrogens is 2. The maximum atomic E-state index is 13.2. The van der Waals surface area contributed by atoms with E-state index in [0.717, 1.165) is 28.0 Å². The van der Waals surface area contributed by atoms with Crippen LogP contribution in [0.15, 0.2) is 59.2 Å². The van der Waals surface area contributed by atoms with Crippen molar-refractivity contribution in [2.45, 2.75) is 26.9 Å². The molecule has 6 heteroatoms. The van der Waals surface area contributed by atoms with Crippen LogP contribution in [0.25, 0.3) is 5.69 Å². The van der Waals surface area contributed by atoms with Gasteiger partial charge in [0.15, 0.2) is 0 Å². The maximum Gasteiger partial charge on any atom is 0.257 e. The number of hydrogen-bond donors (Lipinski definition) is 0. The van der Waals surface area contributed by atoms with E-state index in [2.05, 4.69) is 64.3 Å². The first-order chi connectivity index (χ1) is 13.9. The number of nitrogens with zero attached hydrogens (tertiary/aromatic N) is 4. The van der Waals surface area contributed by atoms with E-state index in [9.17, 15) is 4.79 Å². The fourth-order valence-corrected chi connectivity index (χ4v) is 3.56. The minimum atomic E-state index is 0.00531. The van der Waals surface area contributed by atoms with Crippen molar-refractivity contribution in [1.29, 1.82) is 0 Å². The molecule has 1 heterocycles. The summed E-state index contributed by atoms with van der Waals surface area (Å²) in [6.07, 6.45) is 1.67. The highest BCUT2D eigenvalue weighted by molar-refractivity contribution is 9.10. The van der Waals surface area contributed by atoms with Gasteiger partial charge >= 0.3 is 0 Å². The number of carbonyl (C=O) groups is 1. The number of halogens is 1. The van der Waals surface area contributed by atoms with Crippen LogP contribution < -0.4 is 0 Å². The Balaban J connectivity index is 1.76. The molecule has 0 unspecified atom stereocenters. The van der Waals surface area contributed by atoms with Crippen molar-refractivity contribution in [1.82, 2.24) is 19.6 Å². The number of benzene rings is 2. The third-order valence-corrected chi connectivity index (χ3v) is 5.40. The fraction of sp³-hybridized carbons (Fsp3) is 0.304. The van der Waals surface area contributed by atoms with Gasteiger partial charge in [-0.25, -0.2) is 4.68 Å². The van der Waals surface area contributed by atoms with E-state index >= 15 is 0 Å². The Morgan fingerprint density at radius 3 is 2.14 bits per heavy atom. The van der Waals surface area contributed by atoms with Crippen LogP contribution in [0.1, 0.15) is 34.1 Å². The molecular weight excluding hydrogens is 428 g/mol. The summed E-state index contributed by atoms with van der Waals surface area (Å²) in [4.78, 5) is 17.2. The summed E-state index contributed by atoms with van der Waals surface area (Å²) >= 11 is 3.45. The molecule has 0 N–H and O–H groups in total. The van der Waals surface area contributed by atoms with Crippen molar-refractivity contribution in [2.75, 3.05) is 20.6 Å². The van der Waals surface area contributed by atoms with Gasteiger partial charge in [0.2, 0.25) is 0 Å². The minimum Gasteiger partial charge on any atom is -0.334 e. The van der Waals surface area contributed by atoms with Crippen molar-refractivity contribution in [2.24, 2.45) is 0 Å². The summed E-state index contributed by atoms with van der Waals surface area (Å²) in [7, 11) is 4.12. The lowest BCUT2D eigenvalue weighted by molar-refractivity contribution is 0.0752. The van der Waals surface area contributed by atoms with Crippen molar-refractivity contribution >= 4 is 21.8 Å². The summed E-state index contributed by atoms with van der Waals surface area (Å²) in [5.74, 6) is 0.00531. The van der Waals surface area contributed by atoms with Crippen molar-refractivity contribution < 1.29 is 4.79 Å². The maximum absolute atomic E-state index is 13.2. The first kappa shape index (κ1) is 21.3. The Bertz CT molecular complexity index is 962. The zero-order chi connectivity index (χ0) is 21.0. The average molecular weight is 455 g/mol. The van der Waals surface area contributed by atoms with Crippen molar-refractivity contribution in [3.05, 3.63) is 81.6 Å². The van der Waals surface area contributed by atoms with E-state index in [0.29, 0.717) is 18.7 Å². The third kappa shape index (κ3) is 5.14. The molecule has 5 nitrogen and oxygen atoms in total. The van der Waals surface area contributed by atoms with Gasteiger partial charge in [-0.05, 0) is 63.3 Å². The normalized spacial score (nSPS) is 11.1. The van der Waals surface area contributed by atoms with Gasteiger partial charge in [0.25, 0.3) is 5.91 Å². The molecule has 0 fully saturated rings. The molecule has 3 aromatic rings. The van der Waals surface area contributed by atoms with E-state index in [-0.39, 0.29) is 5.91 Å². The monoisotopic (exact) mass is 454 g/mol. The van der Waals surface area contributed by atoms with Crippen LogP contribution in [-0.2, 0) is 13.1 Å². The lowest BCUT2D eigenvalue weighted by Crippen LogP contribution is -2.30. The fourth-order valence-electron chi connectivity index (χ4n) is 3.30. The molecule has 0 atom stereocenters. The predicted molar refractivity (Wildman–Crippen MR) is 120 cm³/mol. The number of amides is 1. The van der Waals surface area contributed by atoms with Crippen LogP contribution >= 0.6 is 15.9 Å². The Labute approximate surface area is 181 Å². The van der Waals surface area contributed by atoms with Gasteiger partial charge in [0.05, 0.1) is 23.1 Å². The highest BCUT2D eigenvalue weighted by atomic mass is 79.9. The van der Waals surface area contributed by atoms with E-state index in [1.807, 2.05) is 47.7 Å². The Morgan fingerprint density at radius 2 is 1.59 bits per heavy atom. The Hall–Kier alpha value is -2.44. The quantitative estimate of drug-likeness (QED) is 0.520. The molecule has 0 spiro atoms. The largest absolute Gasteiger partial charge is 0.334 e. The molecule has 152 valence electrons. The highest BCUT2D eigenvalue weighted by Crippen LogP contribution is 2.19. The van der Waals surface area contributed by atoms with Crippen molar-refractivity contribution in [3.8, 4) is 5.69 Å². The number of hydrogen-bond acceptors (Lipinski definition) is 3. The molecule has 1 amide bonds. The molecule has 1 aromatic heterocycles. The second-order valence-corrected chi connectivity index (χ2v) is 8.32. The molecule has 0 bridgehead atoms. The van der Waals surface area contributed by atoms with E-state index in [1.54, 1.807) is 6.20 Å². The number of rotatable bonds is 7. The van der Waals surface area contributed by atoms with Crippen LogP contribution in [0.5, 0.6) is 0 Å². The lowest BCUT2D eigenvalue weighted by atomic mass is 10.1. The second-order valence-electron chi connectivity index (χ2n) is 7.41. The summed E-state index contributed by atoms with van der Waals surface area (Å²) in [5, 5.41) is 4.45. The van der Waals surface area contributed by atoms with Crippen LogP contribution in [0.2, 0.25) is 0 Å². The number of carbonyl (C=O) groups excluding carboxylic acids is 1. The summed E-state index contributed by atoms with van der Waals surface area (Å²) in [6.45, 7) is 6.08. The second kappa shape index (κ2) is 9.37. The van der Waals surface area contributed by atoms with Gasteiger partial charge in [0, 0.05) is 24.1 Å². The van der Waals surface area contributed by atoms with E-state index in [1.165, 1.54) is 5.56 Å². The molecule has 0 radical (unpaired) electrons. The first-order valence-electron chi connectivity index (χ1n) is 9.71. The molecule has 3 rings (SSSR count). The van der Waals surface area contributed by atoms with Crippen LogP contribution in [0, 0.1) is 6.92 Å². The zero-order valence-electron chi connectivity index (χ0n) is 17.4. The standard InChI is InChI=1S/C23H27BrN4O/c1-5-27(16-19-8-6-18(7-9-19)15-26(3)4)23(29)22-14-25-28(17(22)2)21-12-10-20(24)11-13-21/h6-14H,5,15-16H2,1-4H3. The Morgan fingerprint density at radius 1 is 1.00 bits per heavy atom. The lowest BCUT2D eigenvalue weighted by Gasteiger charge is -2.21. The molecule has 0 aliphatic rings. The molecule has 0 aliphatic heterocycles. The highest BCUT2D eigenvalue weighted by Gasteiger charge is 2.20. The summed E-state index contributed by atoms with van der Waals surface area (Å²) in [6, 6.07) is 16.4. The van der Waals surface area contributed by atoms with Crippen molar-refractivity contribution in [3.63, 3.8) is 0 Å². The predicted octanol–water partition coefficient (Wildman–Crippen LogP) is 4.67. The third-order valence-electron chi connectivity index (χ3n) is 4.88. The topological polar surface area (TPSA) is 41.4 Å². The average Bonchev–Trinajstić information content (AvgIpc) is 3.08. The van der Waals surface area contributed by atoms with Gasteiger partial charge in [-0.2, -0.15) is 5.10 Å². The minimum absolute atomic E-state index is 0.00531. The SMILES string of the molecule is CCN(Cc1ccc(CN(C)C)cc1)C(=O)c1cnn(-c2ccc(Br)cc2)c1C. The molecule has 0 saturated carbocycles. The first-order valence-corrected chi connectivity index (χ1v) is 10.5. The van der Waals surface area contributed by atoms with E-state index in [4.69, 9.17) is 0 Å². The van der Waals surface area contributed by atoms with Gasteiger partial charge in [-0.15, -0.1) is 0 Å². The molecular formula is C23H27BrN4O. The molecule has 2 aromatic carbocycles. The molecule has 29 heavy (non-hydrogen) atoms. The summed E-state index contributed by atoms with van der Waals surface area (Å²) < 4.78 is 2.82. The van der Waals surface area contributed by atoms with Gasteiger partial charge in [0.1, 0.15) is 0 Å². The van der Waals surface area contributed by atoms with Gasteiger partial charge in [-0.1, -0.05) is 40.2 Å². The Kier molecular flexibility index (Phi) is 6.87. The van der Waals surface area contributed by atoms with Gasteiger partial charge < -0.3 is 9.80 Å². The zero-order valence-corrected chi connectivity index (χ0v) is 19.0. The van der Waals surface area contributed by atoms with E-state index < -0.39 is 0 Å². The van der Waals surface area contributed by atoms with Gasteiger partial charge in [-0.3, -0.25) is 4.79 Å². The molecule has 0 aliphatic carbocycles. The smallest absolute Gasteiger partial charge is 0.257 e. The molecule has 0 saturated heterocycles. The van der Waals surface area contributed by atoms with Crippen LogP contribution in [0.3, 0.4) is 0 Å².